The average molecular weight is 320 g/mol. The highest BCUT2D eigenvalue weighted by molar-refractivity contribution is 5.89. The van der Waals surface area contributed by atoms with Gasteiger partial charge in [0.1, 0.15) is 13.2 Å². The molecule has 7 nitrogen and oxygen atoms in total. The number of rotatable bonds is 1. The standard InChI is InChI=1S/C16H20N2O5/c19-15(18-5-3-16(4-6-18)22-9-10-23-16)17-12-1-2-13-14(11-12)21-8-7-20-13/h1-2,11H,3-10H2,(H,17,19). The lowest BCUT2D eigenvalue weighted by atomic mass is 10.0. The maximum atomic E-state index is 12.4. The number of amides is 2. The van der Waals surface area contributed by atoms with E-state index in [0.29, 0.717) is 69.5 Å². The van der Waals surface area contributed by atoms with Gasteiger partial charge in [-0.15, -0.1) is 0 Å². The Kier molecular flexibility index (Phi) is 3.74. The van der Waals surface area contributed by atoms with Crippen molar-refractivity contribution in [1.29, 1.82) is 0 Å². The Morgan fingerprint density at radius 2 is 1.70 bits per heavy atom. The van der Waals surface area contributed by atoms with Gasteiger partial charge in [0.05, 0.1) is 13.2 Å². The Morgan fingerprint density at radius 1 is 1.00 bits per heavy atom. The van der Waals surface area contributed by atoms with E-state index in [1.165, 1.54) is 0 Å². The van der Waals surface area contributed by atoms with Crippen molar-refractivity contribution < 1.29 is 23.7 Å². The van der Waals surface area contributed by atoms with E-state index in [2.05, 4.69) is 5.32 Å². The second-order valence-electron chi connectivity index (χ2n) is 5.88. The molecule has 2 amide bonds. The molecule has 1 N–H and O–H groups in total. The van der Waals surface area contributed by atoms with Gasteiger partial charge in [-0.1, -0.05) is 0 Å². The van der Waals surface area contributed by atoms with E-state index in [1.54, 1.807) is 11.0 Å². The summed E-state index contributed by atoms with van der Waals surface area (Å²) < 4.78 is 22.4. The van der Waals surface area contributed by atoms with Crippen molar-refractivity contribution in [1.82, 2.24) is 4.90 Å². The minimum atomic E-state index is -0.465. The molecule has 3 heterocycles. The summed E-state index contributed by atoms with van der Waals surface area (Å²) in [6.07, 6.45) is 1.42. The Morgan fingerprint density at radius 3 is 2.43 bits per heavy atom. The monoisotopic (exact) mass is 320 g/mol. The summed E-state index contributed by atoms with van der Waals surface area (Å²) in [7, 11) is 0. The number of nitrogens with one attached hydrogen (secondary N) is 1. The SMILES string of the molecule is O=C(Nc1ccc2c(c1)OCCO2)N1CCC2(CC1)OCCO2. The predicted octanol–water partition coefficient (Wildman–Crippen LogP) is 1.83. The van der Waals surface area contributed by atoms with Crippen LogP contribution in [0.5, 0.6) is 11.5 Å². The Hall–Kier alpha value is -1.99. The molecular formula is C16H20N2O5. The number of ether oxygens (including phenoxy) is 4. The van der Waals surface area contributed by atoms with E-state index >= 15 is 0 Å². The molecule has 1 aromatic rings. The molecule has 0 bridgehead atoms. The zero-order valence-corrected chi connectivity index (χ0v) is 12.9. The topological polar surface area (TPSA) is 69.3 Å². The second kappa shape index (κ2) is 5.90. The minimum Gasteiger partial charge on any atom is -0.486 e. The van der Waals surface area contributed by atoms with Crippen molar-refractivity contribution in [3.05, 3.63) is 18.2 Å². The van der Waals surface area contributed by atoms with E-state index in [4.69, 9.17) is 18.9 Å². The highest BCUT2D eigenvalue weighted by Gasteiger charge is 2.40. The molecule has 2 saturated heterocycles. The lowest BCUT2D eigenvalue weighted by molar-refractivity contribution is -0.181. The normalized spacial score (nSPS) is 22.2. The first-order chi connectivity index (χ1) is 11.2. The molecule has 3 aliphatic rings. The molecule has 1 spiro atoms. The van der Waals surface area contributed by atoms with Crippen LogP contribution in [0.1, 0.15) is 12.8 Å². The van der Waals surface area contributed by atoms with Crippen LogP contribution in [0.2, 0.25) is 0 Å². The number of hydrogen-bond acceptors (Lipinski definition) is 5. The molecule has 0 unspecified atom stereocenters. The molecule has 7 heteroatoms. The van der Waals surface area contributed by atoms with Gasteiger partial charge in [0.2, 0.25) is 0 Å². The Labute approximate surface area is 134 Å². The number of urea groups is 1. The quantitative estimate of drug-likeness (QED) is 0.855. The lowest BCUT2D eigenvalue weighted by Gasteiger charge is -2.37. The Bertz CT molecular complexity index is 590. The van der Waals surface area contributed by atoms with E-state index in [-0.39, 0.29) is 6.03 Å². The van der Waals surface area contributed by atoms with Crippen molar-refractivity contribution in [2.75, 3.05) is 44.8 Å². The minimum absolute atomic E-state index is 0.116. The summed E-state index contributed by atoms with van der Waals surface area (Å²) in [6.45, 7) is 3.61. The van der Waals surface area contributed by atoms with Gasteiger partial charge >= 0.3 is 6.03 Å². The number of likely N-dealkylation sites (tertiary alicyclic amines) is 1. The number of piperidine rings is 1. The van der Waals surface area contributed by atoms with Gasteiger partial charge in [0, 0.05) is 37.7 Å². The lowest BCUT2D eigenvalue weighted by Crippen LogP contribution is -2.48. The van der Waals surface area contributed by atoms with E-state index in [9.17, 15) is 4.79 Å². The second-order valence-corrected chi connectivity index (χ2v) is 5.88. The number of hydrogen-bond donors (Lipinski definition) is 1. The van der Waals surface area contributed by atoms with Crippen molar-refractivity contribution in [3.8, 4) is 11.5 Å². The number of nitrogens with zero attached hydrogens (tertiary/aromatic N) is 1. The zero-order valence-electron chi connectivity index (χ0n) is 12.9. The van der Waals surface area contributed by atoms with Crippen LogP contribution in [-0.4, -0.2) is 56.2 Å². The first-order valence-electron chi connectivity index (χ1n) is 7.98. The van der Waals surface area contributed by atoms with Crippen LogP contribution in [0.15, 0.2) is 18.2 Å². The van der Waals surface area contributed by atoms with Gasteiger partial charge in [-0.05, 0) is 12.1 Å². The molecule has 0 aromatic heterocycles. The van der Waals surface area contributed by atoms with Crippen LogP contribution < -0.4 is 14.8 Å². The molecule has 0 saturated carbocycles. The van der Waals surface area contributed by atoms with Crippen LogP contribution in [0.4, 0.5) is 10.5 Å². The van der Waals surface area contributed by atoms with Gasteiger partial charge in [-0.25, -0.2) is 4.79 Å². The van der Waals surface area contributed by atoms with Gasteiger partial charge in [0.15, 0.2) is 17.3 Å². The smallest absolute Gasteiger partial charge is 0.321 e. The van der Waals surface area contributed by atoms with E-state index in [1.807, 2.05) is 12.1 Å². The summed E-state index contributed by atoms with van der Waals surface area (Å²) >= 11 is 0. The third-order valence-corrected chi connectivity index (χ3v) is 4.42. The highest BCUT2D eigenvalue weighted by Crippen LogP contribution is 2.34. The molecule has 0 radical (unpaired) electrons. The van der Waals surface area contributed by atoms with Gasteiger partial charge in [-0.2, -0.15) is 0 Å². The average Bonchev–Trinajstić information content (AvgIpc) is 3.03. The van der Waals surface area contributed by atoms with Crippen LogP contribution >= 0.6 is 0 Å². The number of anilines is 1. The van der Waals surface area contributed by atoms with Gasteiger partial charge in [-0.3, -0.25) is 0 Å². The predicted molar refractivity (Wildman–Crippen MR) is 81.9 cm³/mol. The highest BCUT2D eigenvalue weighted by atomic mass is 16.7. The molecule has 124 valence electrons. The van der Waals surface area contributed by atoms with Crippen LogP contribution in [-0.2, 0) is 9.47 Å². The number of carbonyl (C=O) groups is 1. The molecule has 4 rings (SSSR count). The van der Waals surface area contributed by atoms with Gasteiger partial charge in [0.25, 0.3) is 0 Å². The maximum Gasteiger partial charge on any atom is 0.321 e. The molecule has 2 fully saturated rings. The summed E-state index contributed by atoms with van der Waals surface area (Å²) in [5.74, 6) is 0.914. The third-order valence-electron chi connectivity index (χ3n) is 4.42. The Balaban J connectivity index is 1.37. The van der Waals surface area contributed by atoms with Crippen molar-refractivity contribution in [2.45, 2.75) is 18.6 Å². The third kappa shape index (κ3) is 2.94. The van der Waals surface area contributed by atoms with Gasteiger partial charge < -0.3 is 29.2 Å². The van der Waals surface area contributed by atoms with Crippen LogP contribution in [0.3, 0.4) is 0 Å². The van der Waals surface area contributed by atoms with Crippen molar-refractivity contribution in [2.24, 2.45) is 0 Å². The largest absolute Gasteiger partial charge is 0.486 e. The summed E-state index contributed by atoms with van der Waals surface area (Å²) in [5.41, 5.74) is 0.702. The summed E-state index contributed by atoms with van der Waals surface area (Å²) in [6, 6.07) is 5.31. The fourth-order valence-electron chi connectivity index (χ4n) is 3.16. The first-order valence-corrected chi connectivity index (χ1v) is 7.98. The van der Waals surface area contributed by atoms with Crippen molar-refractivity contribution >= 4 is 11.7 Å². The summed E-state index contributed by atoms with van der Waals surface area (Å²) in [4.78, 5) is 14.2. The number of carbonyl (C=O) groups excluding carboxylic acids is 1. The number of benzene rings is 1. The molecule has 0 atom stereocenters. The zero-order chi connectivity index (χ0) is 15.7. The molecule has 1 aromatic carbocycles. The summed E-state index contributed by atoms with van der Waals surface area (Å²) in [5, 5.41) is 2.91. The first kappa shape index (κ1) is 14.6. The van der Waals surface area contributed by atoms with E-state index in [0.717, 1.165) is 0 Å². The fraction of sp³-hybridized carbons (Fsp3) is 0.562. The van der Waals surface area contributed by atoms with Crippen LogP contribution in [0.25, 0.3) is 0 Å². The maximum absolute atomic E-state index is 12.4. The van der Waals surface area contributed by atoms with Crippen LogP contribution in [0, 0.1) is 0 Å². The molecule has 23 heavy (non-hydrogen) atoms. The number of fused-ring (bicyclic) bond motifs is 1. The fourth-order valence-corrected chi connectivity index (χ4v) is 3.16. The van der Waals surface area contributed by atoms with Crippen molar-refractivity contribution in [3.63, 3.8) is 0 Å². The molecular weight excluding hydrogens is 300 g/mol. The molecule has 3 aliphatic heterocycles. The molecule has 0 aliphatic carbocycles. The van der Waals surface area contributed by atoms with E-state index < -0.39 is 5.79 Å².